The Labute approximate surface area is 153 Å². The van der Waals surface area contributed by atoms with Gasteiger partial charge in [0.15, 0.2) is 18.0 Å². The Hall–Kier alpha value is -3.76. The highest BCUT2D eigenvalue weighted by molar-refractivity contribution is 5.94. The van der Waals surface area contributed by atoms with Crippen molar-refractivity contribution in [2.75, 3.05) is 29.7 Å². The molecule has 0 unspecified atom stereocenters. The van der Waals surface area contributed by atoms with E-state index < -0.39 is 11.7 Å². The average molecular weight is 374 g/mol. The molecule has 1 aliphatic heterocycles. The van der Waals surface area contributed by atoms with E-state index in [-0.39, 0.29) is 35.0 Å². The third kappa shape index (κ3) is 3.47. The van der Waals surface area contributed by atoms with Crippen LogP contribution in [0, 0.1) is 16.1 Å². The van der Waals surface area contributed by atoms with Crippen LogP contribution in [0.2, 0.25) is 0 Å². The minimum atomic E-state index is -0.782. The standard InChI is InChI=1S/C16H16FN7O3/c1-27-10-2-3-13(21-7-10)20-6-9-4-12(17)16(15(19)11(9)5-18)23-8-14(25)22-24(23)26/h2-5,7H,6,8H2,1H3,(H4-,18,19,20,21,22,25,26)/p+1. The topological polar surface area (TPSA) is 136 Å². The second kappa shape index (κ2) is 7.23. The monoisotopic (exact) mass is 374 g/mol. The molecule has 0 atom stereocenters. The van der Waals surface area contributed by atoms with Crippen LogP contribution in [0.15, 0.2) is 24.4 Å². The summed E-state index contributed by atoms with van der Waals surface area (Å²) in [4.78, 5) is 27.4. The first kappa shape index (κ1) is 18.0. The number of carbonyl (C=O) groups is 1. The zero-order chi connectivity index (χ0) is 19.6. The molecule has 10 nitrogen and oxygen atoms in total. The van der Waals surface area contributed by atoms with Crippen LogP contribution in [-0.2, 0) is 11.3 Å². The Morgan fingerprint density at radius 1 is 1.56 bits per heavy atom. The Kier molecular flexibility index (Phi) is 4.83. The van der Waals surface area contributed by atoms with Gasteiger partial charge in [-0.25, -0.2) is 9.37 Å². The van der Waals surface area contributed by atoms with Gasteiger partial charge in [0.1, 0.15) is 11.6 Å². The molecule has 27 heavy (non-hydrogen) atoms. The molecule has 11 heteroatoms. The molecule has 1 saturated heterocycles. The number of hydrazine groups is 2. The lowest BCUT2D eigenvalue weighted by Crippen LogP contribution is -2.32. The summed E-state index contributed by atoms with van der Waals surface area (Å²) in [6.07, 6.45) is 2.50. The van der Waals surface area contributed by atoms with Gasteiger partial charge in [0.25, 0.3) is 4.98 Å². The summed E-state index contributed by atoms with van der Waals surface area (Å²) in [5.41, 5.74) is 8.25. The number of methoxy groups -OCH3 is 1. The van der Waals surface area contributed by atoms with Crippen molar-refractivity contribution in [2.45, 2.75) is 6.54 Å². The minimum absolute atomic E-state index is 0.109. The molecule has 0 bridgehead atoms. The second-order valence-electron chi connectivity index (χ2n) is 5.64. The molecule has 140 valence electrons. The van der Waals surface area contributed by atoms with Crippen LogP contribution in [0.3, 0.4) is 0 Å². The summed E-state index contributed by atoms with van der Waals surface area (Å²) in [5.74, 6) is -0.252. The molecule has 5 N–H and O–H groups in total. The van der Waals surface area contributed by atoms with Crippen LogP contribution in [-0.4, -0.2) is 35.7 Å². The number of amides is 1. The maximum atomic E-state index is 14.6. The Morgan fingerprint density at radius 3 is 2.89 bits per heavy atom. The fourth-order valence-electron chi connectivity index (χ4n) is 2.67. The molecule has 3 rings (SSSR count). The molecule has 0 spiro atoms. The third-order valence-corrected chi connectivity index (χ3v) is 3.99. The van der Waals surface area contributed by atoms with E-state index in [2.05, 4.69) is 10.3 Å². The number of nitroso groups, excluding NO2 is 1. The number of rotatable bonds is 6. The smallest absolute Gasteiger partial charge is 0.307 e. The summed E-state index contributed by atoms with van der Waals surface area (Å²) >= 11 is 0. The van der Waals surface area contributed by atoms with Gasteiger partial charge in [-0.3, -0.25) is 4.79 Å². The van der Waals surface area contributed by atoms with Gasteiger partial charge in [0.05, 0.1) is 23.9 Å². The molecule has 0 aliphatic carbocycles. The van der Waals surface area contributed by atoms with Crippen molar-refractivity contribution in [3.8, 4) is 5.75 Å². The number of pyridine rings is 1. The van der Waals surface area contributed by atoms with E-state index in [0.717, 1.165) is 11.2 Å². The zero-order valence-electron chi connectivity index (χ0n) is 14.3. The first-order valence-electron chi connectivity index (χ1n) is 7.84. The number of nitrogens with one attached hydrogen (secondary N) is 3. The van der Waals surface area contributed by atoms with E-state index in [9.17, 15) is 14.1 Å². The van der Waals surface area contributed by atoms with Gasteiger partial charge in [0, 0.05) is 18.3 Å². The molecule has 1 aromatic carbocycles. The number of ether oxygens (including phenoxy) is 1. The Balaban J connectivity index is 1.89. The van der Waals surface area contributed by atoms with Gasteiger partial charge in [-0.1, -0.05) is 10.4 Å². The van der Waals surface area contributed by atoms with Gasteiger partial charge >= 0.3 is 5.91 Å². The fraction of sp³-hybridized carbons (Fsp3) is 0.188. The summed E-state index contributed by atoms with van der Waals surface area (Å²) in [5, 5.41) is 11.4. The van der Waals surface area contributed by atoms with E-state index >= 15 is 0 Å². The number of nitrogen functional groups attached to an aromatic ring is 1. The van der Waals surface area contributed by atoms with Crippen molar-refractivity contribution in [1.82, 2.24) is 10.4 Å². The number of aromatic nitrogens is 1. The minimum Gasteiger partial charge on any atom is -0.495 e. The number of hydrogen-bond donors (Lipinski definition) is 4. The van der Waals surface area contributed by atoms with E-state index in [1.165, 1.54) is 19.4 Å². The average Bonchev–Trinajstić information content (AvgIpc) is 2.98. The van der Waals surface area contributed by atoms with Crippen molar-refractivity contribution in [1.29, 1.82) is 5.41 Å². The van der Waals surface area contributed by atoms with Crippen molar-refractivity contribution >= 4 is 29.3 Å². The molecule has 2 heterocycles. The van der Waals surface area contributed by atoms with Crippen LogP contribution >= 0.6 is 0 Å². The molecular formula is C16H17FN7O3+. The number of nitrogens with two attached hydrogens (primary N) is 1. The van der Waals surface area contributed by atoms with Crippen LogP contribution in [0.1, 0.15) is 11.1 Å². The van der Waals surface area contributed by atoms with E-state index in [1.807, 2.05) is 5.43 Å². The van der Waals surface area contributed by atoms with Crippen LogP contribution in [0.25, 0.3) is 0 Å². The van der Waals surface area contributed by atoms with Crippen molar-refractivity contribution < 1.29 is 18.9 Å². The maximum Gasteiger partial charge on any atom is 0.307 e. The number of halogens is 1. The molecule has 1 aromatic heterocycles. The summed E-state index contributed by atoms with van der Waals surface area (Å²) in [6.45, 7) is -0.223. The second-order valence-corrected chi connectivity index (χ2v) is 5.64. The normalized spacial score (nSPS) is 13.5. The molecule has 2 aromatic rings. The van der Waals surface area contributed by atoms with Crippen molar-refractivity contribution in [3.63, 3.8) is 0 Å². The summed E-state index contributed by atoms with van der Waals surface area (Å²) in [7, 11) is 1.53. The number of carbonyl (C=O) groups excluding carboxylic acids is 1. The summed E-state index contributed by atoms with van der Waals surface area (Å²) in [6, 6.07) is 4.57. The van der Waals surface area contributed by atoms with Gasteiger partial charge in [-0.2, -0.15) is 0 Å². The molecule has 1 aliphatic rings. The van der Waals surface area contributed by atoms with Crippen molar-refractivity contribution in [2.24, 2.45) is 0 Å². The van der Waals surface area contributed by atoms with Gasteiger partial charge < -0.3 is 21.2 Å². The van der Waals surface area contributed by atoms with Gasteiger partial charge in [-0.05, 0) is 23.8 Å². The van der Waals surface area contributed by atoms with Crippen LogP contribution in [0.4, 0.5) is 21.6 Å². The van der Waals surface area contributed by atoms with E-state index in [1.54, 1.807) is 12.1 Å². The lowest BCUT2D eigenvalue weighted by Gasteiger charge is -2.16. The summed E-state index contributed by atoms with van der Waals surface area (Å²) < 4.78 is 19.7. The maximum absolute atomic E-state index is 14.6. The van der Waals surface area contributed by atoms with Crippen LogP contribution < -0.4 is 26.2 Å². The zero-order valence-corrected chi connectivity index (χ0v) is 14.3. The number of anilines is 3. The predicted octanol–water partition coefficient (Wildman–Crippen LogP) is 0.966. The molecular weight excluding hydrogens is 357 g/mol. The van der Waals surface area contributed by atoms with E-state index in [0.29, 0.717) is 17.1 Å². The number of hydrogen-bond acceptors (Lipinski definition) is 7. The molecule has 0 radical (unpaired) electrons. The SMILES string of the molecule is COc1ccc(NCc2cc(F)c(N3CC(=O)N[N+]3=O)c(N)c2C=N)nc1. The molecule has 1 amide bonds. The lowest BCUT2D eigenvalue weighted by atomic mass is 10.0. The first-order valence-corrected chi connectivity index (χ1v) is 7.84. The fourth-order valence-corrected chi connectivity index (χ4v) is 2.67. The lowest BCUT2D eigenvalue weighted by molar-refractivity contribution is -0.591. The molecule has 0 saturated carbocycles. The Morgan fingerprint density at radius 2 is 2.33 bits per heavy atom. The first-order chi connectivity index (χ1) is 12.9. The van der Waals surface area contributed by atoms with Crippen LogP contribution in [0.5, 0.6) is 5.75 Å². The van der Waals surface area contributed by atoms with E-state index in [4.69, 9.17) is 15.9 Å². The number of nitrogens with zero attached hydrogens (tertiary/aromatic N) is 3. The largest absolute Gasteiger partial charge is 0.495 e. The quantitative estimate of drug-likeness (QED) is 0.336. The molecule has 1 fully saturated rings. The van der Waals surface area contributed by atoms with Gasteiger partial charge in [0.2, 0.25) is 0 Å². The number of benzene rings is 1. The highest BCUT2D eigenvalue weighted by atomic mass is 19.1. The Bertz CT molecular complexity index is 917. The predicted molar refractivity (Wildman–Crippen MR) is 95.9 cm³/mol. The van der Waals surface area contributed by atoms with Gasteiger partial charge in [-0.15, -0.1) is 0 Å². The highest BCUT2D eigenvalue weighted by Gasteiger charge is 2.40. The highest BCUT2D eigenvalue weighted by Crippen LogP contribution is 2.33. The van der Waals surface area contributed by atoms with Crippen molar-refractivity contribution in [3.05, 3.63) is 46.2 Å². The third-order valence-electron chi connectivity index (χ3n) is 3.99.